The maximum Gasteiger partial charge on any atom is 0.274 e. The Bertz CT molecular complexity index is 820. The van der Waals surface area contributed by atoms with Gasteiger partial charge in [0.05, 0.1) is 11.9 Å². The van der Waals surface area contributed by atoms with Crippen LogP contribution in [0.2, 0.25) is 0 Å². The molecule has 1 saturated heterocycles. The molecule has 1 aliphatic heterocycles. The van der Waals surface area contributed by atoms with E-state index < -0.39 is 0 Å². The fraction of sp³-hybridized carbons (Fsp3) is 0.368. The van der Waals surface area contributed by atoms with E-state index >= 15 is 0 Å². The number of benzene rings is 1. The van der Waals surface area contributed by atoms with Gasteiger partial charge in [-0.3, -0.25) is 14.6 Å². The summed E-state index contributed by atoms with van der Waals surface area (Å²) in [7, 11) is 0. The lowest BCUT2D eigenvalue weighted by Crippen LogP contribution is -2.37. The highest BCUT2D eigenvalue weighted by atomic mass is 16.3. The highest BCUT2D eigenvalue weighted by Gasteiger charge is 2.25. The lowest BCUT2D eigenvalue weighted by atomic mass is 10.1. The minimum absolute atomic E-state index is 0.0727. The fourth-order valence-corrected chi connectivity index (χ4v) is 3.00. The average molecular weight is 354 g/mol. The molecule has 1 aromatic heterocycles. The number of carbonyl (C=O) groups excluding carboxylic acids is 2. The number of aromatic hydroxyl groups is 1. The van der Waals surface area contributed by atoms with Crippen molar-refractivity contribution in [3.05, 3.63) is 53.1 Å². The number of nitrogens with zero attached hydrogens (tertiary/aromatic N) is 4. The number of hydrogen-bond donors (Lipinski definition) is 1. The van der Waals surface area contributed by atoms with E-state index in [2.05, 4.69) is 9.97 Å². The Morgan fingerprint density at radius 1 is 0.962 bits per heavy atom. The van der Waals surface area contributed by atoms with Crippen molar-refractivity contribution >= 4 is 11.8 Å². The van der Waals surface area contributed by atoms with E-state index in [0.29, 0.717) is 43.9 Å². The van der Waals surface area contributed by atoms with Crippen molar-refractivity contribution in [2.24, 2.45) is 0 Å². The molecule has 0 radical (unpaired) electrons. The van der Waals surface area contributed by atoms with E-state index in [0.717, 1.165) is 11.3 Å². The maximum absolute atomic E-state index is 12.8. The van der Waals surface area contributed by atoms with Crippen LogP contribution in [0.1, 0.15) is 38.5 Å². The van der Waals surface area contributed by atoms with Crippen molar-refractivity contribution in [3.8, 4) is 5.75 Å². The minimum Gasteiger partial charge on any atom is -0.508 e. The number of hydrogen-bond acceptors (Lipinski definition) is 5. The van der Waals surface area contributed by atoms with Gasteiger partial charge in [-0.1, -0.05) is 6.07 Å². The van der Waals surface area contributed by atoms with E-state index in [4.69, 9.17) is 0 Å². The van der Waals surface area contributed by atoms with E-state index in [1.165, 1.54) is 12.3 Å². The summed E-state index contributed by atoms with van der Waals surface area (Å²) in [5, 5.41) is 9.66. The monoisotopic (exact) mass is 354 g/mol. The predicted molar refractivity (Wildman–Crippen MR) is 96.0 cm³/mol. The van der Waals surface area contributed by atoms with Crippen LogP contribution in [0.3, 0.4) is 0 Å². The molecule has 1 N–H and O–H groups in total. The molecular weight excluding hydrogens is 332 g/mol. The van der Waals surface area contributed by atoms with Gasteiger partial charge in [-0.25, -0.2) is 4.98 Å². The highest BCUT2D eigenvalue weighted by molar-refractivity contribution is 5.96. The first kappa shape index (κ1) is 17.8. The first-order chi connectivity index (χ1) is 12.5. The van der Waals surface area contributed by atoms with Gasteiger partial charge in [-0.2, -0.15) is 0 Å². The van der Waals surface area contributed by atoms with Crippen LogP contribution in [0, 0.1) is 13.8 Å². The van der Waals surface area contributed by atoms with E-state index in [1.54, 1.807) is 28.1 Å². The number of phenols is 1. The Balaban J connectivity index is 1.70. The molecule has 7 heteroatoms. The average Bonchev–Trinajstić information content (AvgIpc) is 2.89. The number of aromatic nitrogens is 2. The molecule has 1 aromatic carbocycles. The Kier molecular flexibility index (Phi) is 5.16. The summed E-state index contributed by atoms with van der Waals surface area (Å²) in [4.78, 5) is 37.1. The molecule has 2 heterocycles. The molecule has 26 heavy (non-hydrogen) atoms. The van der Waals surface area contributed by atoms with Gasteiger partial charge in [-0.15, -0.1) is 0 Å². The third kappa shape index (κ3) is 3.82. The van der Waals surface area contributed by atoms with Crippen molar-refractivity contribution < 1.29 is 14.7 Å². The summed E-state index contributed by atoms with van der Waals surface area (Å²) in [6, 6.07) is 4.79. The van der Waals surface area contributed by atoms with E-state index in [9.17, 15) is 14.7 Å². The highest BCUT2D eigenvalue weighted by Crippen LogP contribution is 2.19. The molecule has 1 aliphatic rings. The quantitative estimate of drug-likeness (QED) is 0.888. The zero-order valence-corrected chi connectivity index (χ0v) is 15.0. The second-order valence-corrected chi connectivity index (χ2v) is 6.48. The van der Waals surface area contributed by atoms with Crippen LogP contribution >= 0.6 is 0 Å². The molecule has 0 atom stereocenters. The number of amides is 2. The first-order valence-electron chi connectivity index (χ1n) is 8.62. The SMILES string of the molecule is Cc1cnc(C(=O)N2CCCN(C(=O)c3cc(O)ccc3C)CC2)cn1. The summed E-state index contributed by atoms with van der Waals surface area (Å²) in [6.45, 7) is 5.68. The zero-order chi connectivity index (χ0) is 18.7. The van der Waals surface area contributed by atoms with Gasteiger partial charge in [-0.05, 0) is 38.0 Å². The van der Waals surface area contributed by atoms with Gasteiger partial charge in [0, 0.05) is 37.9 Å². The Morgan fingerprint density at radius 3 is 2.31 bits per heavy atom. The summed E-state index contributed by atoms with van der Waals surface area (Å²) in [5.74, 6) is -0.216. The number of phenolic OH excluding ortho intramolecular Hbond substituents is 1. The molecule has 3 rings (SSSR count). The summed E-state index contributed by atoms with van der Waals surface area (Å²) in [6.07, 6.45) is 3.75. The predicted octanol–water partition coefficient (Wildman–Crippen LogP) is 1.79. The lowest BCUT2D eigenvalue weighted by molar-refractivity contribution is 0.0715. The third-order valence-corrected chi connectivity index (χ3v) is 4.52. The Labute approximate surface area is 152 Å². The van der Waals surface area contributed by atoms with Crippen molar-refractivity contribution in [2.45, 2.75) is 20.3 Å². The largest absolute Gasteiger partial charge is 0.508 e. The molecule has 0 spiro atoms. The number of carbonyl (C=O) groups is 2. The van der Waals surface area contributed by atoms with Gasteiger partial charge in [0.2, 0.25) is 0 Å². The standard InChI is InChI=1S/C19H22N4O3/c1-13-4-5-15(24)10-16(13)18(25)22-6-3-7-23(9-8-22)19(26)17-12-20-14(2)11-21-17/h4-5,10-12,24H,3,6-9H2,1-2H3. The molecular formula is C19H22N4O3. The van der Waals surface area contributed by atoms with Gasteiger partial charge in [0.1, 0.15) is 11.4 Å². The van der Waals surface area contributed by atoms with Crippen molar-refractivity contribution in [1.29, 1.82) is 0 Å². The second kappa shape index (κ2) is 7.51. The third-order valence-electron chi connectivity index (χ3n) is 4.52. The minimum atomic E-state index is -0.166. The number of aryl methyl sites for hydroxylation is 2. The van der Waals surface area contributed by atoms with E-state index in [-0.39, 0.29) is 17.6 Å². The Hall–Kier alpha value is -2.96. The van der Waals surface area contributed by atoms with Gasteiger partial charge < -0.3 is 14.9 Å². The molecule has 0 saturated carbocycles. The van der Waals surface area contributed by atoms with Crippen molar-refractivity contribution in [3.63, 3.8) is 0 Å². The van der Waals surface area contributed by atoms with Crippen LogP contribution in [0.25, 0.3) is 0 Å². The van der Waals surface area contributed by atoms with Crippen LogP contribution in [0.15, 0.2) is 30.6 Å². The maximum atomic E-state index is 12.8. The molecule has 2 aromatic rings. The molecule has 2 amide bonds. The normalized spacial score (nSPS) is 14.8. The van der Waals surface area contributed by atoms with Crippen LogP contribution < -0.4 is 0 Å². The first-order valence-corrected chi connectivity index (χ1v) is 8.62. The molecule has 0 unspecified atom stereocenters. The van der Waals surface area contributed by atoms with Crippen LogP contribution in [-0.4, -0.2) is 62.9 Å². The zero-order valence-electron chi connectivity index (χ0n) is 15.0. The van der Waals surface area contributed by atoms with Crippen LogP contribution in [0.5, 0.6) is 5.75 Å². The Morgan fingerprint density at radius 2 is 1.65 bits per heavy atom. The molecule has 7 nitrogen and oxygen atoms in total. The topological polar surface area (TPSA) is 86.6 Å². The fourth-order valence-electron chi connectivity index (χ4n) is 3.00. The van der Waals surface area contributed by atoms with Gasteiger partial charge in [0.15, 0.2) is 0 Å². The lowest BCUT2D eigenvalue weighted by Gasteiger charge is -2.22. The molecule has 0 aliphatic carbocycles. The molecule has 0 bridgehead atoms. The number of rotatable bonds is 2. The van der Waals surface area contributed by atoms with Crippen molar-refractivity contribution in [1.82, 2.24) is 19.8 Å². The van der Waals surface area contributed by atoms with Gasteiger partial charge in [0.25, 0.3) is 11.8 Å². The van der Waals surface area contributed by atoms with E-state index in [1.807, 2.05) is 13.8 Å². The van der Waals surface area contributed by atoms with Crippen LogP contribution in [0.4, 0.5) is 0 Å². The molecule has 136 valence electrons. The molecule has 1 fully saturated rings. The summed E-state index contributed by atoms with van der Waals surface area (Å²) >= 11 is 0. The smallest absolute Gasteiger partial charge is 0.274 e. The summed E-state index contributed by atoms with van der Waals surface area (Å²) in [5.41, 5.74) is 2.39. The van der Waals surface area contributed by atoms with Gasteiger partial charge >= 0.3 is 0 Å². The van der Waals surface area contributed by atoms with Crippen molar-refractivity contribution in [2.75, 3.05) is 26.2 Å². The summed E-state index contributed by atoms with van der Waals surface area (Å²) < 4.78 is 0. The second-order valence-electron chi connectivity index (χ2n) is 6.48. The van der Waals surface area contributed by atoms with Crippen LogP contribution in [-0.2, 0) is 0 Å².